The fourth-order valence-corrected chi connectivity index (χ4v) is 4.39. The van der Waals surface area contributed by atoms with Crippen LogP contribution in [0, 0.1) is 6.92 Å². The monoisotopic (exact) mass is 367 g/mol. The Morgan fingerprint density at radius 3 is 2.42 bits per heavy atom. The van der Waals surface area contributed by atoms with Gasteiger partial charge in [0.05, 0.1) is 17.7 Å². The molecule has 0 spiro atoms. The summed E-state index contributed by atoms with van der Waals surface area (Å²) < 4.78 is 32.5. The summed E-state index contributed by atoms with van der Waals surface area (Å²) in [6, 6.07) is 6.84. The highest BCUT2D eigenvalue weighted by molar-refractivity contribution is 7.92. The predicted molar refractivity (Wildman–Crippen MR) is 96.3 cm³/mol. The summed E-state index contributed by atoms with van der Waals surface area (Å²) in [5.41, 5.74) is 1.88. The second-order valence-corrected chi connectivity index (χ2v) is 9.06. The first-order valence-electron chi connectivity index (χ1n) is 7.36. The standard InChI is InChI=1S/C17H21NO4S2/c1-11-10-12(17(2,3)4)6-7-14(11)24(20,21)18-13-8-9-23-15(13)16(19)22-5/h6-10,18H,1-5H3. The highest BCUT2D eigenvalue weighted by atomic mass is 32.2. The first-order valence-corrected chi connectivity index (χ1v) is 9.72. The van der Waals surface area contributed by atoms with Gasteiger partial charge < -0.3 is 4.74 Å². The summed E-state index contributed by atoms with van der Waals surface area (Å²) in [6.07, 6.45) is 0. The van der Waals surface area contributed by atoms with Crippen LogP contribution in [0.25, 0.3) is 0 Å². The number of aryl methyl sites for hydroxylation is 1. The molecule has 1 heterocycles. The zero-order valence-corrected chi connectivity index (χ0v) is 16.0. The molecule has 0 bridgehead atoms. The van der Waals surface area contributed by atoms with Crippen molar-refractivity contribution in [1.29, 1.82) is 0 Å². The molecule has 0 aliphatic heterocycles. The summed E-state index contributed by atoms with van der Waals surface area (Å²) in [5.74, 6) is -0.567. The quantitative estimate of drug-likeness (QED) is 0.831. The van der Waals surface area contributed by atoms with E-state index in [-0.39, 0.29) is 20.9 Å². The molecule has 0 amide bonds. The number of rotatable bonds is 4. The Kier molecular flexibility index (Phi) is 5.05. The lowest BCUT2D eigenvalue weighted by molar-refractivity contribution is 0.0607. The number of ether oxygens (including phenoxy) is 1. The second kappa shape index (κ2) is 6.57. The van der Waals surface area contributed by atoms with Crippen molar-refractivity contribution >= 4 is 33.0 Å². The lowest BCUT2D eigenvalue weighted by Gasteiger charge is -2.20. The van der Waals surface area contributed by atoms with Crippen LogP contribution in [0.1, 0.15) is 41.6 Å². The van der Waals surface area contributed by atoms with E-state index in [2.05, 4.69) is 30.2 Å². The van der Waals surface area contributed by atoms with E-state index in [9.17, 15) is 13.2 Å². The Morgan fingerprint density at radius 2 is 1.88 bits per heavy atom. The highest BCUT2D eigenvalue weighted by Crippen LogP contribution is 2.29. The zero-order chi connectivity index (χ0) is 18.1. The van der Waals surface area contributed by atoms with Crippen molar-refractivity contribution in [2.75, 3.05) is 11.8 Å². The fourth-order valence-electron chi connectivity index (χ4n) is 2.26. The van der Waals surface area contributed by atoms with E-state index in [4.69, 9.17) is 0 Å². The predicted octanol–water partition coefficient (Wildman–Crippen LogP) is 3.94. The van der Waals surface area contributed by atoms with Gasteiger partial charge in [-0.3, -0.25) is 4.72 Å². The van der Waals surface area contributed by atoms with E-state index in [0.29, 0.717) is 5.56 Å². The number of nitrogens with one attached hydrogen (secondary N) is 1. The third-order valence-corrected chi connectivity index (χ3v) is 6.03. The molecule has 0 saturated heterocycles. The molecule has 0 fully saturated rings. The largest absolute Gasteiger partial charge is 0.465 e. The molecular weight excluding hydrogens is 346 g/mol. The molecule has 0 aliphatic rings. The Labute approximate surface area is 146 Å². The van der Waals surface area contributed by atoms with Crippen molar-refractivity contribution in [3.63, 3.8) is 0 Å². The van der Waals surface area contributed by atoms with Crippen molar-refractivity contribution in [3.05, 3.63) is 45.6 Å². The van der Waals surface area contributed by atoms with Crippen LogP contribution in [-0.4, -0.2) is 21.5 Å². The number of methoxy groups -OCH3 is 1. The topological polar surface area (TPSA) is 72.5 Å². The molecule has 7 heteroatoms. The third kappa shape index (κ3) is 3.79. The van der Waals surface area contributed by atoms with Gasteiger partial charge >= 0.3 is 5.97 Å². The van der Waals surface area contributed by atoms with Crippen LogP contribution >= 0.6 is 11.3 Å². The van der Waals surface area contributed by atoms with Crippen LogP contribution in [0.2, 0.25) is 0 Å². The molecule has 2 rings (SSSR count). The SMILES string of the molecule is COC(=O)c1sccc1NS(=O)(=O)c1ccc(C(C)(C)C)cc1C. The van der Waals surface area contributed by atoms with Gasteiger partial charge in [0.1, 0.15) is 4.88 Å². The molecule has 1 N–H and O–H groups in total. The number of anilines is 1. The van der Waals surface area contributed by atoms with Gasteiger partial charge in [0.25, 0.3) is 10.0 Å². The molecule has 24 heavy (non-hydrogen) atoms. The van der Waals surface area contributed by atoms with E-state index in [1.807, 2.05) is 12.1 Å². The molecule has 2 aromatic rings. The fraction of sp³-hybridized carbons (Fsp3) is 0.353. The van der Waals surface area contributed by atoms with Gasteiger partial charge in [-0.15, -0.1) is 11.3 Å². The average Bonchev–Trinajstić information content (AvgIpc) is 2.92. The molecular formula is C17H21NO4S2. The minimum Gasteiger partial charge on any atom is -0.465 e. The van der Waals surface area contributed by atoms with Crippen LogP contribution in [-0.2, 0) is 20.2 Å². The number of hydrogen-bond donors (Lipinski definition) is 1. The summed E-state index contributed by atoms with van der Waals surface area (Å²) in [5, 5.41) is 1.64. The second-order valence-electron chi connectivity index (χ2n) is 6.49. The Morgan fingerprint density at radius 1 is 1.21 bits per heavy atom. The number of thiophene rings is 1. The lowest BCUT2D eigenvalue weighted by Crippen LogP contribution is -2.17. The Balaban J connectivity index is 2.39. The molecule has 0 radical (unpaired) electrons. The van der Waals surface area contributed by atoms with Crippen molar-refractivity contribution < 1.29 is 17.9 Å². The number of benzene rings is 1. The molecule has 0 aliphatic carbocycles. The van der Waals surface area contributed by atoms with Gasteiger partial charge in [0.15, 0.2) is 0 Å². The Hall–Kier alpha value is -1.86. The summed E-state index contributed by atoms with van der Waals surface area (Å²) in [7, 11) is -2.53. The third-order valence-electron chi connectivity index (χ3n) is 3.61. The van der Waals surface area contributed by atoms with Crippen LogP contribution in [0.5, 0.6) is 0 Å². The zero-order valence-electron chi connectivity index (χ0n) is 14.3. The van der Waals surface area contributed by atoms with Crippen molar-refractivity contribution in [3.8, 4) is 0 Å². The van der Waals surface area contributed by atoms with Crippen LogP contribution in [0.15, 0.2) is 34.5 Å². The van der Waals surface area contributed by atoms with Gasteiger partial charge in [0, 0.05) is 0 Å². The number of carbonyl (C=O) groups is 1. The van der Waals surface area contributed by atoms with Crippen molar-refractivity contribution in [2.45, 2.75) is 38.0 Å². The van der Waals surface area contributed by atoms with Crippen LogP contribution in [0.3, 0.4) is 0 Å². The molecule has 0 unspecified atom stereocenters. The first-order chi connectivity index (χ1) is 11.1. The molecule has 5 nitrogen and oxygen atoms in total. The minimum absolute atomic E-state index is 0.0636. The number of sulfonamides is 1. The van der Waals surface area contributed by atoms with Crippen LogP contribution in [0.4, 0.5) is 5.69 Å². The molecule has 0 atom stereocenters. The number of carbonyl (C=O) groups excluding carboxylic acids is 1. The van der Waals surface area contributed by atoms with Crippen molar-refractivity contribution in [2.24, 2.45) is 0 Å². The summed E-state index contributed by atoms with van der Waals surface area (Å²) >= 11 is 1.13. The maximum Gasteiger partial charge on any atom is 0.350 e. The molecule has 1 aromatic carbocycles. The highest BCUT2D eigenvalue weighted by Gasteiger charge is 2.23. The maximum atomic E-state index is 12.7. The summed E-state index contributed by atoms with van der Waals surface area (Å²) in [6.45, 7) is 7.98. The van der Waals surface area contributed by atoms with Gasteiger partial charge in [-0.2, -0.15) is 0 Å². The van der Waals surface area contributed by atoms with Crippen LogP contribution < -0.4 is 4.72 Å². The lowest BCUT2D eigenvalue weighted by atomic mass is 9.86. The molecule has 0 saturated carbocycles. The average molecular weight is 367 g/mol. The van der Waals surface area contributed by atoms with E-state index < -0.39 is 16.0 Å². The van der Waals surface area contributed by atoms with Gasteiger partial charge in [-0.25, -0.2) is 13.2 Å². The molecule has 130 valence electrons. The van der Waals surface area contributed by atoms with Gasteiger partial charge in [-0.1, -0.05) is 32.9 Å². The smallest absolute Gasteiger partial charge is 0.350 e. The van der Waals surface area contributed by atoms with E-state index in [0.717, 1.165) is 16.9 Å². The number of hydrogen-bond acceptors (Lipinski definition) is 5. The summed E-state index contributed by atoms with van der Waals surface area (Å²) in [4.78, 5) is 12.1. The maximum absolute atomic E-state index is 12.7. The normalized spacial score (nSPS) is 12.0. The minimum atomic E-state index is -3.79. The van der Waals surface area contributed by atoms with Gasteiger partial charge in [-0.05, 0) is 41.0 Å². The van der Waals surface area contributed by atoms with E-state index >= 15 is 0 Å². The van der Waals surface area contributed by atoms with Gasteiger partial charge in [0.2, 0.25) is 0 Å². The van der Waals surface area contributed by atoms with Crippen molar-refractivity contribution in [1.82, 2.24) is 0 Å². The number of esters is 1. The van der Waals surface area contributed by atoms with E-state index in [1.165, 1.54) is 7.11 Å². The Bertz CT molecular complexity index is 861. The first kappa shape index (κ1) is 18.5. The van der Waals surface area contributed by atoms with E-state index in [1.54, 1.807) is 24.4 Å². The molecule has 1 aromatic heterocycles.